The summed E-state index contributed by atoms with van der Waals surface area (Å²) in [5.74, 6) is 0.618. The van der Waals surface area contributed by atoms with Crippen LogP contribution in [0, 0.1) is 0 Å². The number of aromatic amines is 1. The smallest absolute Gasteiger partial charge is 0.140 e. The lowest BCUT2D eigenvalue weighted by molar-refractivity contribution is -0.254. The van der Waals surface area contributed by atoms with E-state index < -0.39 is 0 Å². The summed E-state index contributed by atoms with van der Waals surface area (Å²) >= 11 is 0. The van der Waals surface area contributed by atoms with Crippen molar-refractivity contribution < 1.29 is 10.1 Å². The third-order valence-corrected chi connectivity index (χ3v) is 0.756. The lowest BCUT2D eigenvalue weighted by Gasteiger charge is -1.86. The van der Waals surface area contributed by atoms with E-state index in [0.717, 1.165) is 0 Å². The monoisotopic (exact) mass is 150 g/mol. The zero-order valence-electron chi connectivity index (χ0n) is 4.57. The molecule has 0 atom stereocenters. The molecule has 1 rings (SSSR count). The lowest BCUT2D eigenvalue weighted by Crippen LogP contribution is -1.88. The largest absolute Gasteiger partial charge is 0.347 e. The molecule has 1 heterocycles. The Bertz CT molecular complexity index is 142. The fraction of sp³-hybridized carbons (Fsp3) is 0.250. The number of rotatable bonds is 2. The van der Waals surface area contributed by atoms with Crippen LogP contribution in [0.1, 0.15) is 5.82 Å². The van der Waals surface area contributed by atoms with Gasteiger partial charge in [-0.3, -0.25) is 5.26 Å². The molecule has 0 amide bonds. The summed E-state index contributed by atoms with van der Waals surface area (Å²) < 4.78 is 0. The highest BCUT2D eigenvalue weighted by atomic mass is 35.5. The van der Waals surface area contributed by atoms with Gasteiger partial charge in [-0.2, -0.15) is 0 Å². The second-order valence-electron chi connectivity index (χ2n) is 1.31. The van der Waals surface area contributed by atoms with Crippen molar-refractivity contribution in [1.29, 1.82) is 0 Å². The van der Waals surface area contributed by atoms with Crippen LogP contribution in [-0.4, -0.2) is 15.2 Å². The highest BCUT2D eigenvalue weighted by Crippen LogP contribution is 1.87. The van der Waals surface area contributed by atoms with Crippen molar-refractivity contribution in [3.05, 3.63) is 18.2 Å². The summed E-state index contributed by atoms with van der Waals surface area (Å²) in [7, 11) is 0. The van der Waals surface area contributed by atoms with Gasteiger partial charge in [-0.15, -0.1) is 12.4 Å². The number of halogens is 1. The van der Waals surface area contributed by atoms with Crippen LogP contribution in [0.3, 0.4) is 0 Å². The predicted octanol–water partition coefficient (Wildman–Crippen LogP) is 0.821. The molecule has 0 fully saturated rings. The van der Waals surface area contributed by atoms with Gasteiger partial charge in [-0.1, -0.05) is 0 Å². The number of imidazole rings is 1. The van der Waals surface area contributed by atoms with Crippen molar-refractivity contribution in [2.75, 3.05) is 0 Å². The molecule has 1 aromatic rings. The van der Waals surface area contributed by atoms with Crippen LogP contribution in [0.2, 0.25) is 0 Å². The maximum absolute atomic E-state index is 7.88. The fourth-order valence-corrected chi connectivity index (χ4v) is 0.438. The minimum absolute atomic E-state index is 0. The molecule has 5 heteroatoms. The van der Waals surface area contributed by atoms with Crippen molar-refractivity contribution in [2.24, 2.45) is 0 Å². The van der Waals surface area contributed by atoms with Gasteiger partial charge in [0.15, 0.2) is 0 Å². The Morgan fingerprint density at radius 3 is 3.00 bits per heavy atom. The Labute approximate surface area is 58.2 Å². The third kappa shape index (κ3) is 2.46. The van der Waals surface area contributed by atoms with Crippen molar-refractivity contribution in [1.82, 2.24) is 9.97 Å². The Morgan fingerprint density at radius 2 is 2.56 bits per heavy atom. The van der Waals surface area contributed by atoms with Gasteiger partial charge in [0.1, 0.15) is 12.4 Å². The van der Waals surface area contributed by atoms with Gasteiger partial charge in [0.25, 0.3) is 0 Å². The van der Waals surface area contributed by atoms with E-state index in [1.54, 1.807) is 12.4 Å². The van der Waals surface area contributed by atoms with Gasteiger partial charge in [-0.05, 0) is 0 Å². The zero-order valence-corrected chi connectivity index (χ0v) is 5.39. The summed E-state index contributed by atoms with van der Waals surface area (Å²) in [6.07, 6.45) is 3.25. The molecule has 0 aliphatic rings. The quantitative estimate of drug-likeness (QED) is 0.485. The highest BCUT2D eigenvalue weighted by Gasteiger charge is 1.89. The maximum atomic E-state index is 7.88. The minimum Gasteiger partial charge on any atom is -0.347 e. The fourth-order valence-electron chi connectivity index (χ4n) is 0.438. The average molecular weight is 151 g/mol. The normalized spacial score (nSPS) is 8.56. The lowest BCUT2D eigenvalue weighted by atomic mass is 10.7. The topological polar surface area (TPSA) is 58.1 Å². The van der Waals surface area contributed by atoms with E-state index in [1.807, 2.05) is 0 Å². The first-order valence-corrected chi connectivity index (χ1v) is 2.18. The number of H-pyrrole nitrogens is 1. The van der Waals surface area contributed by atoms with Crippen LogP contribution in [0.4, 0.5) is 0 Å². The molecule has 0 aliphatic heterocycles. The molecule has 0 aliphatic carbocycles. The van der Waals surface area contributed by atoms with Crippen LogP contribution in [0.25, 0.3) is 0 Å². The molecule has 2 N–H and O–H groups in total. The Balaban J connectivity index is 0.000000640. The van der Waals surface area contributed by atoms with Crippen molar-refractivity contribution in [3.63, 3.8) is 0 Å². The molecule has 4 nitrogen and oxygen atoms in total. The first kappa shape index (κ1) is 8.42. The van der Waals surface area contributed by atoms with Crippen LogP contribution < -0.4 is 0 Å². The zero-order chi connectivity index (χ0) is 5.82. The average Bonchev–Trinajstić information content (AvgIpc) is 2.19. The maximum Gasteiger partial charge on any atom is 0.140 e. The van der Waals surface area contributed by atoms with Gasteiger partial charge in [0.05, 0.1) is 0 Å². The predicted molar refractivity (Wildman–Crippen MR) is 33.3 cm³/mol. The van der Waals surface area contributed by atoms with Crippen LogP contribution >= 0.6 is 12.4 Å². The molecule has 0 saturated carbocycles. The molecule has 0 radical (unpaired) electrons. The van der Waals surface area contributed by atoms with E-state index in [0.29, 0.717) is 5.82 Å². The first-order chi connectivity index (χ1) is 3.93. The molecule has 0 unspecified atom stereocenters. The standard InChI is InChI=1S/C4H6N2O2.ClH/c7-8-3-4-5-1-2-6-4;/h1-2,7H,3H2,(H,5,6);1H. The third-order valence-electron chi connectivity index (χ3n) is 0.756. The number of nitrogens with one attached hydrogen (secondary N) is 1. The summed E-state index contributed by atoms with van der Waals surface area (Å²) in [6.45, 7) is 0.118. The molecule has 9 heavy (non-hydrogen) atoms. The van der Waals surface area contributed by atoms with Crippen molar-refractivity contribution in [3.8, 4) is 0 Å². The van der Waals surface area contributed by atoms with E-state index in [1.165, 1.54) is 0 Å². The van der Waals surface area contributed by atoms with E-state index in [4.69, 9.17) is 5.26 Å². The summed E-state index contributed by atoms with van der Waals surface area (Å²) in [5, 5.41) is 7.88. The summed E-state index contributed by atoms with van der Waals surface area (Å²) in [6, 6.07) is 0. The van der Waals surface area contributed by atoms with E-state index in [2.05, 4.69) is 14.9 Å². The molecule has 0 bridgehead atoms. The van der Waals surface area contributed by atoms with Crippen LogP contribution in [0.15, 0.2) is 12.4 Å². The molecule has 0 aromatic carbocycles. The van der Waals surface area contributed by atoms with E-state index >= 15 is 0 Å². The van der Waals surface area contributed by atoms with Gasteiger partial charge in [0.2, 0.25) is 0 Å². The van der Waals surface area contributed by atoms with Crippen LogP contribution in [0.5, 0.6) is 0 Å². The first-order valence-electron chi connectivity index (χ1n) is 2.18. The minimum atomic E-state index is 0. The van der Waals surface area contributed by atoms with Crippen molar-refractivity contribution >= 4 is 12.4 Å². The number of nitrogens with zero attached hydrogens (tertiary/aromatic N) is 1. The van der Waals surface area contributed by atoms with E-state index in [-0.39, 0.29) is 19.0 Å². The Hall–Kier alpha value is -0.580. The van der Waals surface area contributed by atoms with Gasteiger partial charge < -0.3 is 4.98 Å². The van der Waals surface area contributed by atoms with E-state index in [9.17, 15) is 0 Å². The number of hydrogen-bond donors (Lipinski definition) is 2. The Morgan fingerprint density at radius 1 is 1.78 bits per heavy atom. The molecule has 0 spiro atoms. The Kier molecular flexibility index (Phi) is 4.04. The summed E-state index contributed by atoms with van der Waals surface area (Å²) in [4.78, 5) is 10.3. The van der Waals surface area contributed by atoms with Crippen LogP contribution in [-0.2, 0) is 11.5 Å². The number of hydrogen-bond acceptors (Lipinski definition) is 3. The molecule has 0 saturated heterocycles. The SMILES string of the molecule is Cl.OOCc1ncc[nH]1. The molecule has 1 aromatic heterocycles. The summed E-state index contributed by atoms with van der Waals surface area (Å²) in [5.41, 5.74) is 0. The molecule has 52 valence electrons. The molecular formula is C4H7ClN2O2. The van der Waals surface area contributed by atoms with Gasteiger partial charge in [0, 0.05) is 12.4 Å². The highest BCUT2D eigenvalue weighted by molar-refractivity contribution is 5.85. The molecular weight excluding hydrogens is 144 g/mol. The van der Waals surface area contributed by atoms with Gasteiger partial charge >= 0.3 is 0 Å². The van der Waals surface area contributed by atoms with Gasteiger partial charge in [-0.25, -0.2) is 9.87 Å². The number of aromatic nitrogens is 2. The van der Waals surface area contributed by atoms with Crippen molar-refractivity contribution in [2.45, 2.75) is 6.61 Å². The second kappa shape index (κ2) is 4.31. The second-order valence-corrected chi connectivity index (χ2v) is 1.31.